The maximum Gasteiger partial charge on any atom is 0.257 e. The van der Waals surface area contributed by atoms with Crippen LogP contribution in [0.1, 0.15) is 22.8 Å². The topological polar surface area (TPSA) is 50.4 Å². The molecule has 0 aliphatic rings. The summed E-state index contributed by atoms with van der Waals surface area (Å²) >= 11 is 0. The molecule has 0 unspecified atom stereocenters. The second-order valence-corrected chi connectivity index (χ2v) is 4.73. The van der Waals surface area contributed by atoms with Gasteiger partial charge in [0.15, 0.2) is 0 Å². The van der Waals surface area contributed by atoms with Gasteiger partial charge in [0, 0.05) is 12.2 Å². The van der Waals surface area contributed by atoms with Crippen molar-refractivity contribution < 1.29 is 9.53 Å². The van der Waals surface area contributed by atoms with E-state index in [2.05, 4.69) is 10.6 Å². The molecule has 0 aliphatic carbocycles. The largest absolute Gasteiger partial charge is 0.495 e. The van der Waals surface area contributed by atoms with Crippen LogP contribution in [0.5, 0.6) is 5.75 Å². The fourth-order valence-electron chi connectivity index (χ4n) is 2.13. The van der Waals surface area contributed by atoms with Crippen molar-refractivity contribution in [2.75, 3.05) is 24.3 Å². The van der Waals surface area contributed by atoms with Crippen LogP contribution in [0.3, 0.4) is 0 Å². The summed E-state index contributed by atoms with van der Waals surface area (Å²) in [5, 5.41) is 6.10. The van der Waals surface area contributed by atoms with Gasteiger partial charge in [0.2, 0.25) is 0 Å². The van der Waals surface area contributed by atoms with Gasteiger partial charge in [0.05, 0.1) is 18.4 Å². The van der Waals surface area contributed by atoms with Gasteiger partial charge in [-0.15, -0.1) is 0 Å². The molecular weight excluding hydrogens is 264 g/mol. The van der Waals surface area contributed by atoms with Crippen LogP contribution in [0.2, 0.25) is 0 Å². The molecule has 2 aromatic carbocycles. The van der Waals surface area contributed by atoms with E-state index in [1.165, 1.54) is 0 Å². The molecule has 2 aromatic rings. The summed E-state index contributed by atoms with van der Waals surface area (Å²) in [4.78, 5) is 12.5. The van der Waals surface area contributed by atoms with Crippen LogP contribution >= 0.6 is 0 Å². The van der Waals surface area contributed by atoms with Gasteiger partial charge < -0.3 is 15.4 Å². The molecule has 0 fully saturated rings. The number of aryl methyl sites for hydroxylation is 1. The first-order valence-corrected chi connectivity index (χ1v) is 6.94. The molecule has 2 N–H and O–H groups in total. The number of hydrogen-bond acceptors (Lipinski definition) is 3. The van der Waals surface area contributed by atoms with Gasteiger partial charge in [-0.2, -0.15) is 0 Å². The zero-order valence-corrected chi connectivity index (χ0v) is 12.6. The first kappa shape index (κ1) is 14.9. The Morgan fingerprint density at radius 2 is 1.90 bits per heavy atom. The van der Waals surface area contributed by atoms with E-state index in [1.54, 1.807) is 13.2 Å². The molecule has 0 aromatic heterocycles. The second kappa shape index (κ2) is 6.79. The number of anilines is 2. The third-order valence-electron chi connectivity index (χ3n) is 3.14. The second-order valence-electron chi connectivity index (χ2n) is 4.73. The number of nitrogens with one attached hydrogen (secondary N) is 2. The van der Waals surface area contributed by atoms with Gasteiger partial charge in [-0.1, -0.05) is 18.2 Å². The van der Waals surface area contributed by atoms with Crippen LogP contribution in [0.25, 0.3) is 0 Å². The number of benzene rings is 2. The zero-order chi connectivity index (χ0) is 15.2. The van der Waals surface area contributed by atoms with Crippen molar-refractivity contribution in [1.82, 2.24) is 0 Å². The lowest BCUT2D eigenvalue weighted by atomic mass is 10.1. The standard InChI is InChI=1S/C17H20N2O2/c1-4-18-14-8-6-5-7-13(14)17(20)19-15-11-12(2)9-10-16(15)21-3/h5-11,18H,4H2,1-3H3,(H,19,20). The summed E-state index contributed by atoms with van der Waals surface area (Å²) in [6, 6.07) is 13.1. The fourth-order valence-corrected chi connectivity index (χ4v) is 2.13. The summed E-state index contributed by atoms with van der Waals surface area (Å²) < 4.78 is 5.28. The van der Waals surface area contributed by atoms with Crippen LogP contribution in [0.4, 0.5) is 11.4 Å². The van der Waals surface area contributed by atoms with Gasteiger partial charge in [-0.3, -0.25) is 4.79 Å². The molecule has 1 amide bonds. The Morgan fingerprint density at radius 3 is 2.62 bits per heavy atom. The number of methoxy groups -OCH3 is 1. The molecule has 0 atom stereocenters. The molecular formula is C17H20N2O2. The van der Waals surface area contributed by atoms with Crippen molar-refractivity contribution in [1.29, 1.82) is 0 Å². The molecule has 0 aliphatic heterocycles. The van der Waals surface area contributed by atoms with Gasteiger partial charge >= 0.3 is 0 Å². The Morgan fingerprint density at radius 1 is 1.14 bits per heavy atom. The van der Waals surface area contributed by atoms with E-state index in [0.29, 0.717) is 17.0 Å². The Hall–Kier alpha value is -2.49. The normalized spacial score (nSPS) is 10.0. The third-order valence-corrected chi connectivity index (χ3v) is 3.14. The van der Waals surface area contributed by atoms with Crippen LogP contribution < -0.4 is 15.4 Å². The number of carbonyl (C=O) groups is 1. The lowest BCUT2D eigenvalue weighted by Crippen LogP contribution is -2.15. The summed E-state index contributed by atoms with van der Waals surface area (Å²) in [6.07, 6.45) is 0. The molecule has 21 heavy (non-hydrogen) atoms. The summed E-state index contributed by atoms with van der Waals surface area (Å²) in [5.41, 5.74) is 3.17. The summed E-state index contributed by atoms with van der Waals surface area (Å²) in [6.45, 7) is 4.73. The van der Waals surface area contributed by atoms with Crippen LogP contribution in [0, 0.1) is 6.92 Å². The predicted molar refractivity (Wildman–Crippen MR) is 86.3 cm³/mol. The van der Waals surface area contributed by atoms with E-state index < -0.39 is 0 Å². The smallest absolute Gasteiger partial charge is 0.257 e. The number of carbonyl (C=O) groups excluding carboxylic acids is 1. The van der Waals surface area contributed by atoms with Crippen molar-refractivity contribution in [3.63, 3.8) is 0 Å². The minimum Gasteiger partial charge on any atom is -0.495 e. The zero-order valence-electron chi connectivity index (χ0n) is 12.6. The minimum absolute atomic E-state index is 0.157. The Bertz CT molecular complexity index is 638. The predicted octanol–water partition coefficient (Wildman–Crippen LogP) is 3.69. The monoisotopic (exact) mass is 284 g/mol. The van der Waals surface area contributed by atoms with Crippen LogP contribution in [-0.4, -0.2) is 19.6 Å². The lowest BCUT2D eigenvalue weighted by molar-refractivity contribution is 0.102. The average Bonchev–Trinajstić information content (AvgIpc) is 2.48. The quantitative estimate of drug-likeness (QED) is 0.880. The molecule has 2 rings (SSSR count). The van der Waals surface area contributed by atoms with E-state index in [4.69, 9.17) is 4.74 Å². The van der Waals surface area contributed by atoms with E-state index in [9.17, 15) is 4.79 Å². The highest BCUT2D eigenvalue weighted by molar-refractivity contribution is 6.08. The van der Waals surface area contributed by atoms with E-state index >= 15 is 0 Å². The maximum atomic E-state index is 12.5. The molecule has 4 nitrogen and oxygen atoms in total. The van der Waals surface area contributed by atoms with Gasteiger partial charge in [-0.25, -0.2) is 0 Å². The Kier molecular flexibility index (Phi) is 4.82. The van der Waals surface area contributed by atoms with Crippen molar-refractivity contribution >= 4 is 17.3 Å². The highest BCUT2D eigenvalue weighted by Crippen LogP contribution is 2.26. The number of ether oxygens (including phenoxy) is 1. The summed E-state index contributed by atoms with van der Waals surface area (Å²) in [5.74, 6) is 0.491. The number of rotatable bonds is 5. The van der Waals surface area contributed by atoms with Crippen LogP contribution in [-0.2, 0) is 0 Å². The molecule has 4 heteroatoms. The van der Waals surface area contributed by atoms with Gasteiger partial charge in [-0.05, 0) is 43.7 Å². The average molecular weight is 284 g/mol. The highest BCUT2D eigenvalue weighted by Gasteiger charge is 2.13. The van der Waals surface area contributed by atoms with E-state index in [-0.39, 0.29) is 5.91 Å². The first-order chi connectivity index (χ1) is 10.2. The fraction of sp³-hybridized carbons (Fsp3) is 0.235. The molecule has 0 radical (unpaired) electrons. The van der Waals surface area contributed by atoms with Crippen LogP contribution in [0.15, 0.2) is 42.5 Å². The molecule has 0 saturated heterocycles. The van der Waals surface area contributed by atoms with E-state index in [1.807, 2.05) is 50.2 Å². The van der Waals surface area contributed by atoms with Gasteiger partial charge in [0.25, 0.3) is 5.91 Å². The van der Waals surface area contributed by atoms with Crippen molar-refractivity contribution in [3.05, 3.63) is 53.6 Å². The first-order valence-electron chi connectivity index (χ1n) is 6.94. The molecule has 0 heterocycles. The molecule has 110 valence electrons. The van der Waals surface area contributed by atoms with Crippen molar-refractivity contribution in [3.8, 4) is 5.75 Å². The third kappa shape index (κ3) is 3.54. The number of para-hydroxylation sites is 1. The number of hydrogen-bond donors (Lipinski definition) is 2. The SMILES string of the molecule is CCNc1ccccc1C(=O)Nc1cc(C)ccc1OC. The number of amides is 1. The Balaban J connectivity index is 2.28. The minimum atomic E-state index is -0.157. The Labute approximate surface area is 125 Å². The summed E-state index contributed by atoms with van der Waals surface area (Å²) in [7, 11) is 1.59. The maximum absolute atomic E-state index is 12.5. The molecule has 0 bridgehead atoms. The molecule has 0 spiro atoms. The molecule has 0 saturated carbocycles. The highest BCUT2D eigenvalue weighted by atomic mass is 16.5. The van der Waals surface area contributed by atoms with Crippen molar-refractivity contribution in [2.45, 2.75) is 13.8 Å². The lowest BCUT2D eigenvalue weighted by Gasteiger charge is -2.13. The van der Waals surface area contributed by atoms with E-state index in [0.717, 1.165) is 17.8 Å². The van der Waals surface area contributed by atoms with Crippen molar-refractivity contribution in [2.24, 2.45) is 0 Å². The van der Waals surface area contributed by atoms with Gasteiger partial charge in [0.1, 0.15) is 5.75 Å².